The summed E-state index contributed by atoms with van der Waals surface area (Å²) in [6.45, 7) is 64.2. The summed E-state index contributed by atoms with van der Waals surface area (Å²) in [5, 5.41) is 20.1. The van der Waals surface area contributed by atoms with E-state index in [0.717, 1.165) is 48.9 Å². The van der Waals surface area contributed by atoms with Crippen LogP contribution < -0.4 is 0 Å². The Balaban J connectivity index is 3.04. The quantitative estimate of drug-likeness (QED) is 0.0627. The average molecular weight is 1250 g/mol. The molecule has 1 aromatic rings. The Labute approximate surface area is 456 Å². The van der Waals surface area contributed by atoms with E-state index in [9.17, 15) is 10.5 Å². The van der Waals surface area contributed by atoms with E-state index in [4.69, 9.17) is 49.4 Å². The molecule has 0 aliphatic rings. The Bertz CT molecular complexity index is 1890. The molecule has 418 valence electrons. The van der Waals surface area contributed by atoms with Gasteiger partial charge in [-0.15, -0.1) is 0 Å². The summed E-state index contributed by atoms with van der Waals surface area (Å²) in [7, 11) is -33.9. The van der Waals surface area contributed by atoms with Crippen molar-refractivity contribution >= 4 is 119 Å². The van der Waals surface area contributed by atoms with Gasteiger partial charge in [-0.05, 0) is 257 Å². The SMILES string of the molecule is C[Si](C)(C)O[Si](C)(C)O[Si](C)(C)O[Si](C)(C)O[Si](C)(C)O[Si](C)(C)O[Si](C)(C)CCCc1cc(C#N)c(C#N)cc1CCC[Si](C)(C)O[Si](C)(C)O[Si](C)(C)O[Si](C)(C)O[Si](C)(C)O[Si](C)(C)O[Si](C)(C)C. The van der Waals surface area contributed by atoms with Crippen molar-refractivity contribution in [1.29, 1.82) is 10.5 Å². The van der Waals surface area contributed by atoms with E-state index >= 15 is 0 Å². The molecule has 14 nitrogen and oxygen atoms in total. The summed E-state index contributed by atoms with van der Waals surface area (Å²) in [4.78, 5) is 0. The fourth-order valence-electron chi connectivity index (χ4n) is 10.6. The van der Waals surface area contributed by atoms with Crippen molar-refractivity contribution in [2.75, 3.05) is 0 Å². The van der Waals surface area contributed by atoms with E-state index in [-0.39, 0.29) is 0 Å². The Morgan fingerprint density at radius 1 is 0.292 bits per heavy atom. The van der Waals surface area contributed by atoms with Crippen LogP contribution >= 0.6 is 0 Å². The van der Waals surface area contributed by atoms with Gasteiger partial charge >= 0.3 is 85.6 Å². The summed E-state index contributed by atoms with van der Waals surface area (Å²) in [6, 6.07) is 10.3. The third-order valence-electron chi connectivity index (χ3n) is 10.1. The van der Waals surface area contributed by atoms with Crippen molar-refractivity contribution in [3.05, 3.63) is 34.4 Å². The van der Waals surface area contributed by atoms with E-state index in [1.54, 1.807) is 0 Å². The second kappa shape index (κ2) is 25.5. The molecule has 72 heavy (non-hydrogen) atoms. The first kappa shape index (κ1) is 70.8. The number of benzene rings is 1. The van der Waals surface area contributed by atoms with Crippen LogP contribution in [-0.4, -0.2) is 119 Å². The number of nitriles is 2. The highest BCUT2D eigenvalue weighted by Crippen LogP contribution is 2.33. The van der Waals surface area contributed by atoms with Crippen molar-refractivity contribution in [2.24, 2.45) is 0 Å². The maximum absolute atomic E-state index is 10.0. The molecule has 1 rings (SSSR count). The standard InChI is InChI=1S/C44H104N2O12Si14/c1-59(2,3)47-63(11,12)51-67(19,20)55-71(27,28)57-69(23,24)53-65(15,16)49-61(7,8)35-31-33-41-37-43(39-45)44(40-46)38-42(41)34-32-36-62(9,10)50-66(17,18)54-70(25,26)58-72(29,30)56-68(21,22)52-64(13,14)48-60(4,5)6/h37-38H,31-36H2,1-30H3. The smallest absolute Gasteiger partial charge is 0.314 e. The Morgan fingerprint density at radius 3 is 0.653 bits per heavy atom. The summed E-state index contributed by atoms with van der Waals surface area (Å²) in [6.07, 6.45) is 3.36. The normalized spacial score (nSPS) is 14.9. The zero-order chi connectivity index (χ0) is 56.9. The lowest BCUT2D eigenvalue weighted by Gasteiger charge is -2.43. The topological polar surface area (TPSA) is 158 Å². The van der Waals surface area contributed by atoms with Crippen LogP contribution in [0.1, 0.15) is 35.1 Å². The second-order valence-electron chi connectivity index (χ2n) is 27.1. The zero-order valence-electron chi connectivity index (χ0n) is 51.2. The Morgan fingerprint density at radius 2 is 0.472 bits per heavy atom. The van der Waals surface area contributed by atoms with Crippen molar-refractivity contribution in [3.63, 3.8) is 0 Å². The van der Waals surface area contributed by atoms with Crippen molar-refractivity contribution < 1.29 is 49.4 Å². The number of hydrogen-bond donors (Lipinski definition) is 0. The summed E-state index contributed by atoms with van der Waals surface area (Å²) in [5.41, 5.74) is 3.08. The largest absolute Gasteiger partial charge is 0.437 e. The lowest BCUT2D eigenvalue weighted by molar-refractivity contribution is 0.267. The van der Waals surface area contributed by atoms with Gasteiger partial charge in [-0.2, -0.15) is 10.5 Å². The zero-order valence-corrected chi connectivity index (χ0v) is 65.2. The molecule has 0 aliphatic heterocycles. The number of aryl methyl sites for hydroxylation is 2. The molecule has 0 N–H and O–H groups in total. The number of hydrogen-bond acceptors (Lipinski definition) is 14. The Kier molecular flexibility index (Phi) is 25.0. The monoisotopic (exact) mass is 1240 g/mol. The molecule has 0 aliphatic carbocycles. The molecule has 0 heterocycles. The molecule has 0 saturated heterocycles. The van der Waals surface area contributed by atoms with E-state index in [0.29, 0.717) is 11.1 Å². The molecule has 0 unspecified atom stereocenters. The predicted octanol–water partition coefficient (Wildman–Crippen LogP) is 14.6. The maximum Gasteiger partial charge on any atom is 0.314 e. The van der Waals surface area contributed by atoms with E-state index in [2.05, 4.69) is 209 Å². The van der Waals surface area contributed by atoms with Gasteiger partial charge in [0, 0.05) is 0 Å². The van der Waals surface area contributed by atoms with Gasteiger partial charge in [0.05, 0.1) is 11.1 Å². The minimum Gasteiger partial charge on any atom is -0.437 e. The van der Waals surface area contributed by atoms with Gasteiger partial charge in [0.25, 0.3) is 0 Å². The molecule has 0 bridgehead atoms. The molecule has 28 heteroatoms. The van der Waals surface area contributed by atoms with E-state index < -0.39 is 119 Å². The molecule has 0 amide bonds. The fraction of sp³-hybridized carbons (Fsp3) is 0.818. The first-order chi connectivity index (χ1) is 31.5. The molecule has 0 aromatic heterocycles. The van der Waals surface area contributed by atoms with Crippen LogP contribution in [0.15, 0.2) is 12.1 Å². The first-order valence-corrected chi connectivity index (χ1v) is 67.1. The highest BCUT2D eigenvalue weighted by molar-refractivity contribution is 6.93. The van der Waals surface area contributed by atoms with Gasteiger partial charge in [0.15, 0.2) is 33.3 Å². The van der Waals surface area contributed by atoms with Gasteiger partial charge in [-0.3, -0.25) is 0 Å². The van der Waals surface area contributed by atoms with Crippen LogP contribution in [0.3, 0.4) is 0 Å². The van der Waals surface area contributed by atoms with Gasteiger partial charge in [0.1, 0.15) is 12.1 Å². The molecule has 0 fully saturated rings. The summed E-state index contributed by atoms with van der Waals surface area (Å²) in [5.74, 6) is 0. The highest BCUT2D eigenvalue weighted by atomic mass is 28.5. The molecule has 0 radical (unpaired) electrons. The molecular weight excluding hydrogens is 1140 g/mol. The van der Waals surface area contributed by atoms with Crippen LogP contribution in [0.2, 0.25) is 208 Å². The lowest BCUT2D eigenvalue weighted by atomic mass is 9.94. The predicted molar refractivity (Wildman–Crippen MR) is 332 cm³/mol. The van der Waals surface area contributed by atoms with Gasteiger partial charge in [0.2, 0.25) is 0 Å². The van der Waals surface area contributed by atoms with Crippen molar-refractivity contribution in [1.82, 2.24) is 0 Å². The van der Waals surface area contributed by atoms with Crippen LogP contribution in [0.5, 0.6) is 0 Å². The Hall–Kier alpha value is 0.756. The highest BCUT2D eigenvalue weighted by Gasteiger charge is 2.50. The molecular formula is C44H104N2O12Si14. The number of nitrogens with zero attached hydrogens (tertiary/aromatic N) is 2. The van der Waals surface area contributed by atoms with Gasteiger partial charge in [-0.25, -0.2) is 0 Å². The van der Waals surface area contributed by atoms with Crippen molar-refractivity contribution in [3.8, 4) is 12.1 Å². The van der Waals surface area contributed by atoms with Crippen LogP contribution in [0.4, 0.5) is 0 Å². The van der Waals surface area contributed by atoms with Crippen LogP contribution in [0.25, 0.3) is 0 Å². The summed E-state index contributed by atoms with van der Waals surface area (Å²) < 4.78 is 81.3. The minimum atomic E-state index is -2.69. The molecule has 0 spiro atoms. The third-order valence-corrected chi connectivity index (χ3v) is 61.9. The summed E-state index contributed by atoms with van der Waals surface area (Å²) >= 11 is 0. The van der Waals surface area contributed by atoms with Crippen LogP contribution in [-0.2, 0) is 62.2 Å². The van der Waals surface area contributed by atoms with Gasteiger partial charge < -0.3 is 49.4 Å². The maximum atomic E-state index is 10.0. The van der Waals surface area contributed by atoms with E-state index in [1.165, 1.54) is 0 Å². The first-order valence-electron chi connectivity index (χ1n) is 25.9. The minimum absolute atomic E-state index is 0.422. The average Bonchev–Trinajstić information content (AvgIpc) is 2.99. The van der Waals surface area contributed by atoms with Gasteiger partial charge in [-0.1, -0.05) is 0 Å². The molecule has 0 saturated carbocycles. The second-order valence-corrected chi connectivity index (χ2v) is 81.3. The van der Waals surface area contributed by atoms with E-state index in [1.807, 2.05) is 12.1 Å². The fourth-order valence-corrected chi connectivity index (χ4v) is 79.2. The van der Waals surface area contributed by atoms with Crippen LogP contribution in [0, 0.1) is 22.7 Å². The molecule has 1 aromatic carbocycles. The van der Waals surface area contributed by atoms with Crippen molar-refractivity contribution in [2.45, 2.75) is 234 Å². The molecule has 0 atom stereocenters. The lowest BCUT2D eigenvalue weighted by Crippen LogP contribution is -2.60. The number of rotatable bonds is 32. The third kappa shape index (κ3) is 30.2.